The summed E-state index contributed by atoms with van der Waals surface area (Å²) in [5, 5.41) is 22.1. The van der Waals surface area contributed by atoms with Crippen molar-refractivity contribution in [2.24, 2.45) is 11.3 Å². The molecule has 0 radical (unpaired) electrons. The van der Waals surface area contributed by atoms with E-state index in [4.69, 9.17) is 0 Å². The highest BCUT2D eigenvalue weighted by molar-refractivity contribution is 7.15. The van der Waals surface area contributed by atoms with Crippen LogP contribution in [0.25, 0.3) is 0 Å². The van der Waals surface area contributed by atoms with Gasteiger partial charge in [-0.1, -0.05) is 31.6 Å². The van der Waals surface area contributed by atoms with Crippen LogP contribution in [0.2, 0.25) is 0 Å². The van der Waals surface area contributed by atoms with Crippen molar-refractivity contribution in [1.82, 2.24) is 15.1 Å². The number of nitrogens with one attached hydrogen (secondary N) is 1. The minimum absolute atomic E-state index is 0.0651. The standard InChI is InChI=1S/C16H24N4O3S/c1-3-10(4-2)12-18-19-14(24-12)17-15(23)20-8-11-6-5-7-16(11,9-20)13(21)22/h10-11H,3-9H2,1-2H3,(H,21,22)(H,17,19,23)/t11-,16+/m0/s1. The Morgan fingerprint density at radius 2 is 2.17 bits per heavy atom. The third kappa shape index (κ3) is 2.87. The molecule has 1 aliphatic carbocycles. The van der Waals surface area contributed by atoms with Gasteiger partial charge in [0.15, 0.2) is 0 Å². The zero-order valence-electron chi connectivity index (χ0n) is 14.1. The summed E-state index contributed by atoms with van der Waals surface area (Å²) in [5.74, 6) is -0.336. The Hall–Kier alpha value is -1.70. The largest absolute Gasteiger partial charge is 0.481 e. The highest BCUT2D eigenvalue weighted by Crippen LogP contribution is 2.49. The molecule has 1 aromatic heterocycles. The number of anilines is 1. The number of fused-ring (bicyclic) bond motifs is 1. The van der Waals surface area contributed by atoms with Crippen molar-refractivity contribution < 1.29 is 14.7 Å². The highest BCUT2D eigenvalue weighted by Gasteiger charge is 2.55. The maximum atomic E-state index is 12.5. The second-order valence-corrected chi connectivity index (χ2v) is 7.83. The molecule has 8 heteroatoms. The predicted octanol–water partition coefficient (Wildman–Crippen LogP) is 3.16. The molecular formula is C16H24N4O3S. The number of hydrogen-bond acceptors (Lipinski definition) is 5. The number of amides is 2. The van der Waals surface area contributed by atoms with E-state index in [9.17, 15) is 14.7 Å². The molecule has 0 spiro atoms. The second kappa shape index (κ2) is 6.66. The summed E-state index contributed by atoms with van der Waals surface area (Å²) in [6.45, 7) is 5.03. The number of likely N-dealkylation sites (tertiary alicyclic amines) is 1. The van der Waals surface area contributed by atoms with Gasteiger partial charge in [-0.3, -0.25) is 10.1 Å². The Bertz CT molecular complexity index is 631. The van der Waals surface area contributed by atoms with Gasteiger partial charge in [-0.2, -0.15) is 0 Å². The molecule has 1 aliphatic heterocycles. The molecule has 2 amide bonds. The van der Waals surface area contributed by atoms with Crippen molar-refractivity contribution in [2.75, 3.05) is 18.4 Å². The van der Waals surface area contributed by atoms with E-state index in [1.54, 1.807) is 4.90 Å². The summed E-state index contributed by atoms with van der Waals surface area (Å²) in [4.78, 5) is 25.8. The fourth-order valence-electron chi connectivity index (χ4n) is 4.05. The van der Waals surface area contributed by atoms with E-state index < -0.39 is 11.4 Å². The average molecular weight is 352 g/mol. The zero-order chi connectivity index (χ0) is 17.3. The molecule has 1 saturated heterocycles. The van der Waals surface area contributed by atoms with Crippen molar-refractivity contribution in [3.63, 3.8) is 0 Å². The molecule has 0 aromatic carbocycles. The molecule has 7 nitrogen and oxygen atoms in total. The van der Waals surface area contributed by atoms with Crippen molar-refractivity contribution in [3.05, 3.63) is 5.01 Å². The van der Waals surface area contributed by atoms with Crippen LogP contribution in [0.15, 0.2) is 0 Å². The van der Waals surface area contributed by atoms with E-state index in [1.807, 2.05) is 0 Å². The van der Waals surface area contributed by atoms with Gasteiger partial charge in [-0.05, 0) is 31.6 Å². The Balaban J connectivity index is 1.65. The second-order valence-electron chi connectivity index (χ2n) is 6.82. The van der Waals surface area contributed by atoms with Crippen LogP contribution in [0, 0.1) is 11.3 Å². The molecule has 132 valence electrons. The van der Waals surface area contributed by atoms with Gasteiger partial charge < -0.3 is 10.0 Å². The van der Waals surface area contributed by atoms with Crippen LogP contribution in [-0.4, -0.2) is 45.3 Å². The van der Waals surface area contributed by atoms with Crippen LogP contribution in [0.5, 0.6) is 0 Å². The van der Waals surface area contributed by atoms with Crippen molar-refractivity contribution >= 4 is 28.5 Å². The van der Waals surface area contributed by atoms with Gasteiger partial charge >= 0.3 is 12.0 Å². The molecular weight excluding hydrogens is 328 g/mol. The van der Waals surface area contributed by atoms with Crippen LogP contribution in [0.4, 0.5) is 9.93 Å². The smallest absolute Gasteiger partial charge is 0.323 e. The van der Waals surface area contributed by atoms with E-state index >= 15 is 0 Å². The van der Waals surface area contributed by atoms with Crippen molar-refractivity contribution in [3.8, 4) is 0 Å². The molecule has 3 rings (SSSR count). The number of rotatable bonds is 5. The van der Waals surface area contributed by atoms with Crippen molar-refractivity contribution in [2.45, 2.75) is 51.9 Å². The van der Waals surface area contributed by atoms with E-state index in [0.717, 1.165) is 30.7 Å². The van der Waals surface area contributed by atoms with Gasteiger partial charge in [0.1, 0.15) is 5.01 Å². The van der Waals surface area contributed by atoms with Crippen molar-refractivity contribution in [1.29, 1.82) is 0 Å². The molecule has 2 aliphatic rings. The third-order valence-electron chi connectivity index (χ3n) is 5.57. The quantitative estimate of drug-likeness (QED) is 0.848. The first-order chi connectivity index (χ1) is 11.5. The van der Waals surface area contributed by atoms with E-state index in [2.05, 4.69) is 29.4 Å². The summed E-state index contributed by atoms with van der Waals surface area (Å²) in [5.41, 5.74) is -0.751. The van der Waals surface area contributed by atoms with Gasteiger partial charge in [0, 0.05) is 19.0 Å². The van der Waals surface area contributed by atoms with Crippen LogP contribution < -0.4 is 5.32 Å². The van der Waals surface area contributed by atoms with Gasteiger partial charge in [0.2, 0.25) is 5.13 Å². The number of aromatic nitrogens is 2. The topological polar surface area (TPSA) is 95.4 Å². The normalized spacial score (nSPS) is 26.0. The number of urea groups is 1. The number of aliphatic carboxylic acids is 1. The predicted molar refractivity (Wildman–Crippen MR) is 91.2 cm³/mol. The van der Waals surface area contributed by atoms with E-state index in [0.29, 0.717) is 24.0 Å². The lowest BCUT2D eigenvalue weighted by Crippen LogP contribution is -2.38. The Morgan fingerprint density at radius 3 is 2.79 bits per heavy atom. The summed E-state index contributed by atoms with van der Waals surface area (Å²) in [6, 6.07) is -0.266. The Kier molecular flexibility index (Phi) is 4.76. The van der Waals surface area contributed by atoms with Gasteiger partial charge in [-0.25, -0.2) is 4.79 Å². The fourth-order valence-corrected chi connectivity index (χ4v) is 5.05. The number of carbonyl (C=O) groups is 2. The number of carboxylic acids is 1. The van der Waals surface area contributed by atoms with E-state index in [1.165, 1.54) is 11.3 Å². The SMILES string of the molecule is CCC(CC)c1nnc(NC(=O)N2C[C@@H]3CCC[C@@]3(C(=O)O)C2)s1. The molecule has 2 N–H and O–H groups in total. The Morgan fingerprint density at radius 1 is 1.42 bits per heavy atom. The third-order valence-corrected chi connectivity index (χ3v) is 6.57. The minimum Gasteiger partial charge on any atom is -0.481 e. The first-order valence-corrected chi connectivity index (χ1v) is 9.44. The molecule has 2 heterocycles. The summed E-state index contributed by atoms with van der Waals surface area (Å²) in [6.07, 6.45) is 4.46. The van der Waals surface area contributed by atoms with Crippen LogP contribution in [-0.2, 0) is 4.79 Å². The number of carboxylic acid groups (broad SMARTS) is 1. The maximum absolute atomic E-state index is 12.5. The summed E-state index contributed by atoms with van der Waals surface area (Å²) < 4.78 is 0. The lowest BCUT2D eigenvalue weighted by atomic mass is 9.81. The molecule has 0 bridgehead atoms. The molecule has 0 unspecified atom stereocenters. The number of hydrogen-bond donors (Lipinski definition) is 2. The molecule has 1 aromatic rings. The van der Waals surface area contributed by atoms with E-state index in [-0.39, 0.29) is 18.5 Å². The van der Waals surface area contributed by atoms with Gasteiger partial charge in [0.25, 0.3) is 0 Å². The summed E-state index contributed by atoms with van der Waals surface area (Å²) >= 11 is 1.41. The average Bonchev–Trinajstić information content (AvgIpc) is 3.22. The molecule has 2 fully saturated rings. The van der Waals surface area contributed by atoms with Gasteiger partial charge in [0.05, 0.1) is 5.41 Å². The molecule has 2 atom stereocenters. The highest BCUT2D eigenvalue weighted by atomic mass is 32.1. The lowest BCUT2D eigenvalue weighted by Gasteiger charge is -2.23. The number of nitrogens with zero attached hydrogens (tertiary/aromatic N) is 3. The minimum atomic E-state index is -0.771. The first-order valence-electron chi connectivity index (χ1n) is 8.63. The zero-order valence-corrected chi connectivity index (χ0v) is 14.9. The number of carbonyl (C=O) groups excluding carboxylic acids is 1. The summed E-state index contributed by atoms with van der Waals surface area (Å²) in [7, 11) is 0. The van der Waals surface area contributed by atoms with Crippen LogP contribution in [0.3, 0.4) is 0 Å². The molecule has 24 heavy (non-hydrogen) atoms. The fraction of sp³-hybridized carbons (Fsp3) is 0.750. The molecule has 1 saturated carbocycles. The van der Waals surface area contributed by atoms with Crippen LogP contribution >= 0.6 is 11.3 Å². The first kappa shape index (κ1) is 17.1. The monoisotopic (exact) mass is 352 g/mol. The maximum Gasteiger partial charge on any atom is 0.323 e. The lowest BCUT2D eigenvalue weighted by molar-refractivity contribution is -0.149. The van der Waals surface area contributed by atoms with Crippen LogP contribution in [0.1, 0.15) is 56.9 Å². The van der Waals surface area contributed by atoms with Gasteiger partial charge in [-0.15, -0.1) is 10.2 Å². The Labute approximate surface area is 145 Å².